The van der Waals surface area contributed by atoms with Gasteiger partial charge in [-0.15, -0.1) is 0 Å². The highest BCUT2D eigenvalue weighted by Gasteiger charge is 2.35. The van der Waals surface area contributed by atoms with Gasteiger partial charge in [-0.2, -0.15) is 0 Å². The molecule has 96 valence electrons. The van der Waals surface area contributed by atoms with Gasteiger partial charge in [-0.05, 0) is 38.5 Å². The van der Waals surface area contributed by atoms with Crippen molar-refractivity contribution in [3.8, 4) is 0 Å². The summed E-state index contributed by atoms with van der Waals surface area (Å²) in [4.78, 5) is 25.5. The van der Waals surface area contributed by atoms with Crippen LogP contribution in [0.3, 0.4) is 0 Å². The molecule has 1 aliphatic rings. The molecule has 5 heteroatoms. The Balaban J connectivity index is 2.23. The van der Waals surface area contributed by atoms with E-state index in [1.165, 1.54) is 4.90 Å². The van der Waals surface area contributed by atoms with E-state index in [2.05, 4.69) is 15.9 Å². The molecule has 0 aliphatic carbocycles. The Labute approximate surface area is 114 Å². The lowest BCUT2D eigenvalue weighted by Crippen LogP contribution is -2.39. The number of hydrogen-bond donors (Lipinski definition) is 1. The molecule has 1 aromatic rings. The number of halogens is 1. The minimum atomic E-state index is -0.393. The Kier molecular flexibility index (Phi) is 3.29. The molecular formula is C13H15BrN2O2. The van der Waals surface area contributed by atoms with Crippen molar-refractivity contribution in [2.24, 2.45) is 5.73 Å². The van der Waals surface area contributed by atoms with Gasteiger partial charge in [-0.3, -0.25) is 14.5 Å². The average Bonchev–Trinajstić information content (AvgIpc) is 2.48. The third-order valence-electron chi connectivity index (χ3n) is 2.91. The van der Waals surface area contributed by atoms with Gasteiger partial charge in [0, 0.05) is 16.6 Å². The van der Waals surface area contributed by atoms with Crippen molar-refractivity contribution in [1.82, 2.24) is 4.90 Å². The van der Waals surface area contributed by atoms with Crippen LogP contribution in [-0.2, 0) is 0 Å². The van der Waals surface area contributed by atoms with Gasteiger partial charge in [-0.25, -0.2) is 0 Å². The molecule has 4 nitrogen and oxygen atoms in total. The molecule has 2 rings (SSSR count). The van der Waals surface area contributed by atoms with E-state index >= 15 is 0 Å². The number of carbonyl (C=O) groups is 2. The van der Waals surface area contributed by atoms with Crippen molar-refractivity contribution in [3.63, 3.8) is 0 Å². The Bertz CT molecular complexity index is 520. The minimum absolute atomic E-state index is 0.230. The highest BCUT2D eigenvalue weighted by atomic mass is 79.9. The Morgan fingerprint density at radius 1 is 1.22 bits per heavy atom. The lowest BCUT2D eigenvalue weighted by Gasteiger charge is -2.22. The molecule has 1 aromatic carbocycles. The average molecular weight is 311 g/mol. The number of hydrogen-bond acceptors (Lipinski definition) is 3. The molecule has 0 atom stereocenters. The van der Waals surface area contributed by atoms with Crippen molar-refractivity contribution in [1.29, 1.82) is 0 Å². The van der Waals surface area contributed by atoms with Gasteiger partial charge < -0.3 is 5.73 Å². The number of nitrogens with two attached hydrogens (primary N) is 1. The highest BCUT2D eigenvalue weighted by molar-refractivity contribution is 9.10. The second-order valence-electron chi connectivity index (χ2n) is 5.19. The van der Waals surface area contributed by atoms with E-state index < -0.39 is 5.54 Å². The SMILES string of the molecule is CC(C)(N)CCN1C(=O)c2ccc(Br)cc2C1=O. The number of amides is 2. The number of imide groups is 1. The zero-order chi connectivity index (χ0) is 13.5. The third-order valence-corrected chi connectivity index (χ3v) is 3.41. The van der Waals surface area contributed by atoms with Gasteiger partial charge in [0.2, 0.25) is 0 Å². The van der Waals surface area contributed by atoms with Gasteiger partial charge in [0.1, 0.15) is 0 Å². The van der Waals surface area contributed by atoms with Gasteiger partial charge in [0.15, 0.2) is 0 Å². The van der Waals surface area contributed by atoms with Crippen LogP contribution in [0.1, 0.15) is 41.0 Å². The Hall–Kier alpha value is -1.20. The van der Waals surface area contributed by atoms with Gasteiger partial charge >= 0.3 is 0 Å². The fourth-order valence-corrected chi connectivity index (χ4v) is 2.23. The third kappa shape index (κ3) is 2.47. The van der Waals surface area contributed by atoms with E-state index in [0.29, 0.717) is 24.1 Å². The predicted molar refractivity (Wildman–Crippen MR) is 72.4 cm³/mol. The molecule has 2 amide bonds. The van der Waals surface area contributed by atoms with Crippen LogP contribution in [0.5, 0.6) is 0 Å². The summed E-state index contributed by atoms with van der Waals surface area (Å²) in [7, 11) is 0. The summed E-state index contributed by atoms with van der Waals surface area (Å²) < 4.78 is 0.795. The number of carbonyl (C=O) groups excluding carboxylic acids is 2. The van der Waals surface area contributed by atoms with Gasteiger partial charge in [0.25, 0.3) is 11.8 Å². The highest BCUT2D eigenvalue weighted by Crippen LogP contribution is 2.26. The standard InChI is InChI=1S/C13H15BrN2O2/c1-13(2,15)5-6-16-11(17)9-4-3-8(14)7-10(9)12(16)18/h3-4,7H,5-6,15H2,1-2H3. The van der Waals surface area contributed by atoms with E-state index in [4.69, 9.17) is 5.73 Å². The van der Waals surface area contributed by atoms with Crippen LogP contribution < -0.4 is 5.73 Å². The molecule has 0 bridgehead atoms. The molecule has 1 heterocycles. The molecule has 0 spiro atoms. The first-order chi connectivity index (χ1) is 8.29. The van der Waals surface area contributed by atoms with Crippen LogP contribution >= 0.6 is 15.9 Å². The summed E-state index contributed by atoms with van der Waals surface area (Å²) in [5.41, 5.74) is 6.42. The first-order valence-corrected chi connectivity index (χ1v) is 6.53. The van der Waals surface area contributed by atoms with Crippen LogP contribution in [0, 0.1) is 0 Å². The maximum absolute atomic E-state index is 12.1. The molecule has 1 aliphatic heterocycles. The first kappa shape index (κ1) is 13.2. The first-order valence-electron chi connectivity index (χ1n) is 5.74. The monoisotopic (exact) mass is 310 g/mol. The second kappa shape index (κ2) is 4.48. The summed E-state index contributed by atoms with van der Waals surface area (Å²) in [5.74, 6) is -0.465. The zero-order valence-corrected chi connectivity index (χ0v) is 12.0. The predicted octanol–water partition coefficient (Wildman–Crippen LogP) is 2.17. The second-order valence-corrected chi connectivity index (χ2v) is 6.11. The van der Waals surface area contributed by atoms with Gasteiger partial charge in [-0.1, -0.05) is 15.9 Å². The summed E-state index contributed by atoms with van der Waals surface area (Å²) >= 11 is 3.30. The fraction of sp³-hybridized carbons (Fsp3) is 0.385. The lowest BCUT2D eigenvalue weighted by atomic mass is 10.0. The smallest absolute Gasteiger partial charge is 0.261 e. The van der Waals surface area contributed by atoms with Gasteiger partial charge in [0.05, 0.1) is 11.1 Å². The molecule has 0 saturated heterocycles. The van der Waals surface area contributed by atoms with Crippen molar-refractivity contribution in [2.75, 3.05) is 6.54 Å². The molecule has 0 unspecified atom stereocenters. The lowest BCUT2D eigenvalue weighted by molar-refractivity contribution is 0.0645. The minimum Gasteiger partial charge on any atom is -0.325 e. The maximum atomic E-state index is 12.1. The van der Waals surface area contributed by atoms with Crippen LogP contribution in [0.2, 0.25) is 0 Å². The number of nitrogens with zero attached hydrogens (tertiary/aromatic N) is 1. The van der Waals surface area contributed by atoms with E-state index in [1.807, 2.05) is 13.8 Å². The van der Waals surface area contributed by atoms with Crippen LogP contribution in [0.4, 0.5) is 0 Å². The molecule has 0 aromatic heterocycles. The summed E-state index contributed by atoms with van der Waals surface area (Å²) in [6.07, 6.45) is 0.583. The summed E-state index contributed by atoms with van der Waals surface area (Å²) in [6.45, 7) is 4.11. The van der Waals surface area contributed by atoms with Crippen molar-refractivity contribution < 1.29 is 9.59 Å². The molecule has 0 radical (unpaired) electrons. The van der Waals surface area contributed by atoms with E-state index in [1.54, 1.807) is 18.2 Å². The molecule has 0 fully saturated rings. The van der Waals surface area contributed by atoms with E-state index in [0.717, 1.165) is 4.47 Å². The largest absolute Gasteiger partial charge is 0.325 e. The van der Waals surface area contributed by atoms with Crippen molar-refractivity contribution in [2.45, 2.75) is 25.8 Å². The quantitative estimate of drug-likeness (QED) is 0.870. The fourth-order valence-electron chi connectivity index (χ4n) is 1.87. The Morgan fingerprint density at radius 3 is 2.44 bits per heavy atom. The van der Waals surface area contributed by atoms with E-state index in [-0.39, 0.29) is 11.8 Å². The number of rotatable bonds is 3. The zero-order valence-electron chi connectivity index (χ0n) is 10.4. The maximum Gasteiger partial charge on any atom is 0.261 e. The van der Waals surface area contributed by atoms with Crippen molar-refractivity contribution >= 4 is 27.7 Å². The normalized spacial score (nSPS) is 15.2. The molecular weight excluding hydrogens is 296 g/mol. The Morgan fingerprint density at radius 2 is 1.83 bits per heavy atom. The van der Waals surface area contributed by atoms with E-state index in [9.17, 15) is 9.59 Å². The molecule has 0 saturated carbocycles. The van der Waals surface area contributed by atoms with Crippen molar-refractivity contribution in [3.05, 3.63) is 33.8 Å². The number of fused-ring (bicyclic) bond motifs is 1. The van der Waals surface area contributed by atoms with Crippen LogP contribution in [0.15, 0.2) is 22.7 Å². The molecule has 2 N–H and O–H groups in total. The summed E-state index contributed by atoms with van der Waals surface area (Å²) in [6, 6.07) is 5.12. The molecule has 18 heavy (non-hydrogen) atoms. The van der Waals surface area contributed by atoms with Crippen LogP contribution in [0.25, 0.3) is 0 Å². The number of benzene rings is 1. The summed E-state index contributed by atoms with van der Waals surface area (Å²) in [5, 5.41) is 0. The topological polar surface area (TPSA) is 63.4 Å². The van der Waals surface area contributed by atoms with Crippen LogP contribution in [-0.4, -0.2) is 28.8 Å².